The number of nitrogens with one attached hydrogen (secondary N) is 2. The molecule has 3 aromatic carbocycles. The van der Waals surface area contributed by atoms with Crippen molar-refractivity contribution in [2.45, 2.75) is 24.3 Å². The van der Waals surface area contributed by atoms with Gasteiger partial charge < -0.3 is 14.8 Å². The van der Waals surface area contributed by atoms with Crippen LogP contribution >= 0.6 is 11.6 Å². The Kier molecular flexibility index (Phi) is 8.32. The third-order valence-corrected chi connectivity index (χ3v) is 6.48. The van der Waals surface area contributed by atoms with E-state index in [1.165, 1.54) is 19.2 Å². The van der Waals surface area contributed by atoms with Crippen molar-refractivity contribution in [1.82, 2.24) is 4.72 Å². The van der Waals surface area contributed by atoms with Gasteiger partial charge in [0, 0.05) is 5.02 Å². The van der Waals surface area contributed by atoms with Gasteiger partial charge in [0.2, 0.25) is 15.9 Å². The summed E-state index contributed by atoms with van der Waals surface area (Å²) in [5.74, 6) is 0.0746. The monoisotopic (exact) mass is 488 g/mol. The van der Waals surface area contributed by atoms with Gasteiger partial charge in [-0.15, -0.1) is 0 Å². The van der Waals surface area contributed by atoms with E-state index in [0.717, 1.165) is 5.56 Å². The van der Waals surface area contributed by atoms with Crippen LogP contribution in [0, 0.1) is 0 Å². The van der Waals surface area contributed by atoms with Gasteiger partial charge >= 0.3 is 0 Å². The van der Waals surface area contributed by atoms with E-state index in [9.17, 15) is 13.2 Å². The topological polar surface area (TPSA) is 93.7 Å². The zero-order valence-corrected chi connectivity index (χ0v) is 19.8. The zero-order valence-electron chi connectivity index (χ0n) is 18.2. The highest BCUT2D eigenvalue weighted by Crippen LogP contribution is 2.28. The Labute approximate surface area is 198 Å². The lowest BCUT2D eigenvalue weighted by molar-refractivity contribution is -0.117. The molecule has 7 nitrogen and oxygen atoms in total. The second kappa shape index (κ2) is 11.2. The molecule has 1 unspecified atom stereocenters. The van der Waals surface area contributed by atoms with E-state index in [0.29, 0.717) is 11.4 Å². The first-order chi connectivity index (χ1) is 15.8. The number of hydrogen-bond acceptors (Lipinski definition) is 5. The Morgan fingerprint density at radius 1 is 1.00 bits per heavy atom. The number of carbonyl (C=O) groups is 1. The predicted octanol–water partition coefficient (Wildman–Crippen LogP) is 4.28. The zero-order chi connectivity index (χ0) is 23.8. The summed E-state index contributed by atoms with van der Waals surface area (Å²) in [6.45, 7) is 2.02. The summed E-state index contributed by atoms with van der Waals surface area (Å²) < 4.78 is 39.9. The highest BCUT2D eigenvalue weighted by molar-refractivity contribution is 7.89. The average Bonchev–Trinajstić information content (AvgIpc) is 2.81. The van der Waals surface area contributed by atoms with Crippen LogP contribution < -0.4 is 19.5 Å². The highest BCUT2D eigenvalue weighted by Gasteiger charge is 2.29. The lowest BCUT2D eigenvalue weighted by Gasteiger charge is -2.20. The maximum atomic E-state index is 13.3. The molecule has 174 valence electrons. The van der Waals surface area contributed by atoms with Gasteiger partial charge in [0.05, 0.1) is 19.4 Å². The van der Waals surface area contributed by atoms with Crippen molar-refractivity contribution in [3.63, 3.8) is 0 Å². The molecule has 3 aromatic rings. The summed E-state index contributed by atoms with van der Waals surface area (Å²) in [5, 5.41) is 2.99. The number of sulfonamides is 1. The minimum atomic E-state index is -4.16. The van der Waals surface area contributed by atoms with Crippen molar-refractivity contribution in [2.75, 3.05) is 19.0 Å². The smallest absolute Gasteiger partial charge is 0.245 e. The number of halogens is 1. The van der Waals surface area contributed by atoms with Crippen molar-refractivity contribution in [3.05, 3.63) is 83.4 Å². The van der Waals surface area contributed by atoms with Crippen LogP contribution in [0.2, 0.25) is 5.02 Å². The summed E-state index contributed by atoms with van der Waals surface area (Å²) in [4.78, 5) is 13.1. The summed E-state index contributed by atoms with van der Waals surface area (Å²) >= 11 is 6.05. The normalized spacial score (nSPS) is 12.1. The minimum Gasteiger partial charge on any atom is -0.495 e. The van der Waals surface area contributed by atoms with Crippen LogP contribution in [-0.4, -0.2) is 34.1 Å². The molecule has 2 N–H and O–H groups in total. The number of para-hydroxylation sites is 2. The highest BCUT2D eigenvalue weighted by atomic mass is 35.5. The fraction of sp³-hybridized carbons (Fsp3) is 0.208. The van der Waals surface area contributed by atoms with E-state index in [2.05, 4.69) is 10.0 Å². The number of amides is 1. The summed E-state index contributed by atoms with van der Waals surface area (Å²) in [7, 11) is -2.67. The SMILES string of the molecule is CCOc1ccc(Cl)cc1S(=O)(=O)NC(Cc1ccccc1)C(=O)Nc1ccccc1OC. The van der Waals surface area contributed by atoms with Crippen LogP contribution in [0.3, 0.4) is 0 Å². The van der Waals surface area contributed by atoms with Crippen LogP contribution in [0.5, 0.6) is 11.5 Å². The first-order valence-corrected chi connectivity index (χ1v) is 12.1. The molecule has 33 heavy (non-hydrogen) atoms. The second-order valence-electron chi connectivity index (χ2n) is 7.08. The number of ether oxygens (including phenoxy) is 2. The van der Waals surface area contributed by atoms with E-state index >= 15 is 0 Å². The van der Waals surface area contributed by atoms with E-state index < -0.39 is 22.0 Å². The van der Waals surface area contributed by atoms with Crippen LogP contribution in [0.25, 0.3) is 0 Å². The second-order valence-corrected chi connectivity index (χ2v) is 9.20. The van der Waals surface area contributed by atoms with Gasteiger partial charge in [-0.25, -0.2) is 8.42 Å². The molecular weight excluding hydrogens is 464 g/mol. The number of carbonyl (C=O) groups excluding carboxylic acids is 1. The maximum Gasteiger partial charge on any atom is 0.245 e. The van der Waals surface area contributed by atoms with Crippen molar-refractivity contribution in [2.24, 2.45) is 0 Å². The molecule has 1 amide bonds. The lowest BCUT2D eigenvalue weighted by Crippen LogP contribution is -2.45. The Bertz CT molecular complexity index is 1200. The molecule has 0 fully saturated rings. The van der Waals surface area contributed by atoms with Gasteiger partial charge in [0.1, 0.15) is 22.4 Å². The molecule has 0 aliphatic carbocycles. The van der Waals surface area contributed by atoms with E-state index in [-0.39, 0.29) is 28.7 Å². The van der Waals surface area contributed by atoms with Crippen LogP contribution in [0.1, 0.15) is 12.5 Å². The van der Waals surface area contributed by atoms with Crippen molar-refractivity contribution < 1.29 is 22.7 Å². The number of rotatable bonds is 10. The number of methoxy groups -OCH3 is 1. The maximum absolute atomic E-state index is 13.3. The molecule has 0 saturated carbocycles. The molecule has 0 bridgehead atoms. The number of benzene rings is 3. The summed E-state index contributed by atoms with van der Waals surface area (Å²) in [6.07, 6.45) is 0.131. The van der Waals surface area contributed by atoms with Crippen LogP contribution in [0.4, 0.5) is 5.69 Å². The molecule has 1 atom stereocenters. The predicted molar refractivity (Wildman–Crippen MR) is 129 cm³/mol. The van der Waals surface area contributed by atoms with Crippen molar-refractivity contribution in [3.8, 4) is 11.5 Å². The Morgan fingerprint density at radius 2 is 1.70 bits per heavy atom. The molecule has 3 rings (SSSR count). The first-order valence-electron chi connectivity index (χ1n) is 10.3. The number of hydrogen-bond donors (Lipinski definition) is 2. The average molecular weight is 489 g/mol. The standard InChI is InChI=1S/C24H25ClN2O5S/c1-3-32-22-14-13-18(25)16-23(22)33(29,30)27-20(15-17-9-5-4-6-10-17)24(28)26-19-11-7-8-12-21(19)31-2/h4-14,16,20,27H,3,15H2,1-2H3,(H,26,28). The van der Waals surface area contributed by atoms with Gasteiger partial charge in [-0.05, 0) is 49.2 Å². The lowest BCUT2D eigenvalue weighted by atomic mass is 10.1. The summed E-state index contributed by atoms with van der Waals surface area (Å²) in [5.41, 5.74) is 1.22. The van der Waals surface area contributed by atoms with Crippen LogP contribution in [0.15, 0.2) is 77.7 Å². The van der Waals surface area contributed by atoms with Gasteiger partial charge in [0.25, 0.3) is 0 Å². The fourth-order valence-electron chi connectivity index (χ4n) is 3.22. The molecule has 9 heteroatoms. The van der Waals surface area contributed by atoms with Gasteiger partial charge in [-0.2, -0.15) is 4.72 Å². The molecule has 0 aliphatic rings. The minimum absolute atomic E-state index is 0.131. The molecular formula is C24H25ClN2O5S. The van der Waals surface area contributed by atoms with E-state index in [1.807, 2.05) is 30.3 Å². The largest absolute Gasteiger partial charge is 0.495 e. The van der Waals surface area contributed by atoms with E-state index in [4.69, 9.17) is 21.1 Å². The van der Waals surface area contributed by atoms with Gasteiger partial charge in [0.15, 0.2) is 0 Å². The third kappa shape index (κ3) is 6.47. The quantitative estimate of drug-likeness (QED) is 0.444. The molecule has 0 spiro atoms. The molecule has 0 radical (unpaired) electrons. The van der Waals surface area contributed by atoms with Crippen molar-refractivity contribution >= 4 is 33.2 Å². The van der Waals surface area contributed by atoms with Crippen LogP contribution in [-0.2, 0) is 21.2 Å². The van der Waals surface area contributed by atoms with E-state index in [1.54, 1.807) is 37.3 Å². The Balaban J connectivity index is 1.94. The van der Waals surface area contributed by atoms with Crippen molar-refractivity contribution in [1.29, 1.82) is 0 Å². The Morgan fingerprint density at radius 3 is 2.39 bits per heavy atom. The molecule has 0 heterocycles. The fourth-order valence-corrected chi connectivity index (χ4v) is 4.83. The first kappa shape index (κ1) is 24.6. The van der Waals surface area contributed by atoms with Gasteiger partial charge in [-0.3, -0.25) is 4.79 Å². The molecule has 0 aliphatic heterocycles. The molecule has 0 saturated heterocycles. The number of anilines is 1. The molecule has 0 aromatic heterocycles. The third-order valence-electron chi connectivity index (χ3n) is 4.76. The van der Waals surface area contributed by atoms with Gasteiger partial charge in [-0.1, -0.05) is 54.1 Å². The summed E-state index contributed by atoms with van der Waals surface area (Å²) in [6, 6.07) is 19.2. The Hall–Kier alpha value is -3.07.